The maximum atomic E-state index is 11.4. The Morgan fingerprint density at radius 1 is 1.64 bits per heavy atom. The van der Waals surface area contributed by atoms with Crippen molar-refractivity contribution in [2.45, 2.75) is 26.7 Å². The largest absolute Gasteiger partial charge is 0.309 e. The average Bonchev–Trinajstić information content (AvgIpc) is 2.48. The summed E-state index contributed by atoms with van der Waals surface area (Å²) in [6, 6.07) is 1.78. The monoisotopic (exact) mass is 195 g/mol. The normalized spacial score (nSPS) is 10.6. The average molecular weight is 195 g/mol. The summed E-state index contributed by atoms with van der Waals surface area (Å²) in [6.45, 7) is 4.21. The SMILES string of the molecule is CC(C)CCC(=O)Nc1ccn(C)n1. The first-order valence-electron chi connectivity index (χ1n) is 4.87. The molecule has 1 N–H and O–H groups in total. The molecular weight excluding hydrogens is 178 g/mol. The number of anilines is 1. The molecule has 0 radical (unpaired) electrons. The van der Waals surface area contributed by atoms with Crippen LogP contribution in [0.25, 0.3) is 0 Å². The van der Waals surface area contributed by atoms with Crippen molar-refractivity contribution >= 4 is 11.7 Å². The molecule has 0 aliphatic rings. The van der Waals surface area contributed by atoms with E-state index in [0.717, 1.165) is 6.42 Å². The summed E-state index contributed by atoms with van der Waals surface area (Å²) in [5.74, 6) is 1.23. The molecule has 0 aliphatic heterocycles. The summed E-state index contributed by atoms with van der Waals surface area (Å²) in [7, 11) is 1.82. The second kappa shape index (κ2) is 4.79. The van der Waals surface area contributed by atoms with Gasteiger partial charge in [-0.15, -0.1) is 0 Å². The molecule has 0 spiro atoms. The Morgan fingerprint density at radius 3 is 2.86 bits per heavy atom. The molecule has 0 saturated heterocycles. The molecule has 1 heterocycles. The molecule has 0 fully saturated rings. The minimum Gasteiger partial charge on any atom is -0.309 e. The van der Waals surface area contributed by atoms with E-state index < -0.39 is 0 Å². The Bertz CT molecular complexity index is 304. The van der Waals surface area contributed by atoms with Crippen molar-refractivity contribution in [3.05, 3.63) is 12.3 Å². The fraction of sp³-hybridized carbons (Fsp3) is 0.600. The number of rotatable bonds is 4. The van der Waals surface area contributed by atoms with Gasteiger partial charge in [0, 0.05) is 25.7 Å². The molecule has 78 valence electrons. The predicted octanol–water partition coefficient (Wildman–Crippen LogP) is 1.79. The fourth-order valence-electron chi connectivity index (χ4n) is 1.11. The highest BCUT2D eigenvalue weighted by molar-refractivity contribution is 5.89. The molecule has 14 heavy (non-hydrogen) atoms. The molecule has 4 nitrogen and oxygen atoms in total. The van der Waals surface area contributed by atoms with Gasteiger partial charge >= 0.3 is 0 Å². The predicted molar refractivity (Wildman–Crippen MR) is 55.9 cm³/mol. The minimum atomic E-state index is 0.0393. The first-order valence-corrected chi connectivity index (χ1v) is 4.87. The van der Waals surface area contributed by atoms with Gasteiger partial charge in [0.15, 0.2) is 5.82 Å². The van der Waals surface area contributed by atoms with Crippen LogP contribution in [0.2, 0.25) is 0 Å². The van der Waals surface area contributed by atoms with Gasteiger partial charge in [-0.1, -0.05) is 13.8 Å². The molecule has 0 aliphatic carbocycles. The highest BCUT2D eigenvalue weighted by Crippen LogP contribution is 2.06. The van der Waals surface area contributed by atoms with E-state index in [2.05, 4.69) is 24.3 Å². The second-order valence-electron chi connectivity index (χ2n) is 3.86. The fourth-order valence-corrected chi connectivity index (χ4v) is 1.11. The lowest BCUT2D eigenvalue weighted by atomic mass is 10.1. The minimum absolute atomic E-state index is 0.0393. The van der Waals surface area contributed by atoms with Gasteiger partial charge in [-0.2, -0.15) is 5.10 Å². The van der Waals surface area contributed by atoms with Crippen LogP contribution in [-0.2, 0) is 11.8 Å². The molecule has 0 unspecified atom stereocenters. The number of aromatic nitrogens is 2. The zero-order chi connectivity index (χ0) is 10.6. The van der Waals surface area contributed by atoms with E-state index in [9.17, 15) is 4.79 Å². The lowest BCUT2D eigenvalue weighted by Crippen LogP contribution is -2.12. The van der Waals surface area contributed by atoms with Gasteiger partial charge in [-0.25, -0.2) is 0 Å². The van der Waals surface area contributed by atoms with Gasteiger partial charge in [0.25, 0.3) is 0 Å². The third-order valence-corrected chi connectivity index (χ3v) is 1.93. The van der Waals surface area contributed by atoms with Crippen molar-refractivity contribution in [2.75, 3.05) is 5.32 Å². The molecule has 1 amide bonds. The Kier molecular flexibility index (Phi) is 3.68. The molecule has 0 bridgehead atoms. The van der Waals surface area contributed by atoms with Crippen LogP contribution in [0.15, 0.2) is 12.3 Å². The van der Waals surface area contributed by atoms with E-state index in [1.165, 1.54) is 0 Å². The lowest BCUT2D eigenvalue weighted by molar-refractivity contribution is -0.116. The highest BCUT2D eigenvalue weighted by Gasteiger charge is 2.05. The van der Waals surface area contributed by atoms with E-state index in [1.807, 2.05) is 7.05 Å². The molecule has 0 saturated carbocycles. The Hall–Kier alpha value is -1.32. The Balaban J connectivity index is 2.34. The standard InChI is InChI=1S/C10H17N3O/c1-8(2)4-5-10(14)11-9-6-7-13(3)12-9/h6-8H,4-5H2,1-3H3,(H,11,12,14). The maximum Gasteiger partial charge on any atom is 0.225 e. The number of carbonyl (C=O) groups is 1. The van der Waals surface area contributed by atoms with E-state index in [1.54, 1.807) is 16.9 Å². The number of nitrogens with one attached hydrogen (secondary N) is 1. The summed E-state index contributed by atoms with van der Waals surface area (Å²) < 4.78 is 1.66. The molecule has 4 heteroatoms. The van der Waals surface area contributed by atoms with Crippen LogP contribution in [0.3, 0.4) is 0 Å². The topological polar surface area (TPSA) is 46.9 Å². The third-order valence-electron chi connectivity index (χ3n) is 1.93. The van der Waals surface area contributed by atoms with E-state index in [4.69, 9.17) is 0 Å². The van der Waals surface area contributed by atoms with Crippen LogP contribution < -0.4 is 5.32 Å². The first kappa shape index (κ1) is 10.8. The van der Waals surface area contributed by atoms with Gasteiger partial charge in [0.05, 0.1) is 0 Å². The van der Waals surface area contributed by atoms with Crippen molar-refractivity contribution in [3.8, 4) is 0 Å². The van der Waals surface area contributed by atoms with Crippen LogP contribution in [0.1, 0.15) is 26.7 Å². The quantitative estimate of drug-likeness (QED) is 0.796. The van der Waals surface area contributed by atoms with Gasteiger partial charge in [-0.3, -0.25) is 9.48 Å². The summed E-state index contributed by atoms with van der Waals surface area (Å²) in [6.07, 6.45) is 3.28. The molecule has 0 atom stereocenters. The number of carbonyl (C=O) groups excluding carboxylic acids is 1. The first-order chi connectivity index (χ1) is 6.58. The summed E-state index contributed by atoms with van der Waals surface area (Å²) in [4.78, 5) is 11.4. The number of nitrogens with zero attached hydrogens (tertiary/aromatic N) is 2. The van der Waals surface area contributed by atoms with Crippen LogP contribution in [0.5, 0.6) is 0 Å². The number of amides is 1. The molecule has 1 rings (SSSR count). The maximum absolute atomic E-state index is 11.4. The van der Waals surface area contributed by atoms with Gasteiger partial charge in [0.1, 0.15) is 0 Å². The number of aryl methyl sites for hydroxylation is 1. The zero-order valence-corrected chi connectivity index (χ0v) is 8.95. The molecule has 1 aromatic heterocycles. The van der Waals surface area contributed by atoms with Gasteiger partial charge in [0.2, 0.25) is 5.91 Å². The van der Waals surface area contributed by atoms with Gasteiger partial charge in [-0.05, 0) is 12.3 Å². The van der Waals surface area contributed by atoms with Crippen molar-refractivity contribution in [1.82, 2.24) is 9.78 Å². The third kappa shape index (κ3) is 3.60. The van der Waals surface area contributed by atoms with E-state index >= 15 is 0 Å². The van der Waals surface area contributed by atoms with Crippen LogP contribution >= 0.6 is 0 Å². The summed E-state index contributed by atoms with van der Waals surface area (Å²) in [5.41, 5.74) is 0. The summed E-state index contributed by atoms with van der Waals surface area (Å²) >= 11 is 0. The van der Waals surface area contributed by atoms with Crippen LogP contribution in [0, 0.1) is 5.92 Å². The molecular formula is C10H17N3O. The smallest absolute Gasteiger partial charge is 0.225 e. The van der Waals surface area contributed by atoms with Crippen molar-refractivity contribution in [3.63, 3.8) is 0 Å². The molecule has 0 aromatic carbocycles. The second-order valence-corrected chi connectivity index (χ2v) is 3.86. The van der Waals surface area contributed by atoms with Crippen molar-refractivity contribution in [1.29, 1.82) is 0 Å². The lowest BCUT2D eigenvalue weighted by Gasteiger charge is -2.03. The van der Waals surface area contributed by atoms with Crippen molar-refractivity contribution < 1.29 is 4.79 Å². The van der Waals surface area contributed by atoms with Crippen LogP contribution in [0.4, 0.5) is 5.82 Å². The van der Waals surface area contributed by atoms with E-state index in [-0.39, 0.29) is 5.91 Å². The van der Waals surface area contributed by atoms with Crippen LogP contribution in [-0.4, -0.2) is 15.7 Å². The van der Waals surface area contributed by atoms with E-state index in [0.29, 0.717) is 18.2 Å². The van der Waals surface area contributed by atoms with Crippen molar-refractivity contribution in [2.24, 2.45) is 13.0 Å². The highest BCUT2D eigenvalue weighted by atomic mass is 16.1. The van der Waals surface area contributed by atoms with Gasteiger partial charge < -0.3 is 5.32 Å². The Morgan fingerprint density at radius 2 is 2.36 bits per heavy atom. The number of hydrogen-bond donors (Lipinski definition) is 1. The molecule has 1 aromatic rings. The summed E-state index contributed by atoms with van der Waals surface area (Å²) in [5, 5.41) is 6.81. The Labute approximate surface area is 84.3 Å². The number of hydrogen-bond acceptors (Lipinski definition) is 2. The zero-order valence-electron chi connectivity index (χ0n) is 8.95.